The quantitative estimate of drug-likeness (QED) is 0.168. The molecular weight excluding hydrogens is 414 g/mol. The van der Waals surface area contributed by atoms with Crippen LogP contribution < -0.4 is 5.32 Å². The van der Waals surface area contributed by atoms with E-state index in [4.69, 9.17) is 19.7 Å². The molecule has 0 aliphatic carbocycles. The topological polar surface area (TPSA) is 229 Å². The number of aliphatic hydroxyl groups is 5. The van der Waals surface area contributed by atoms with E-state index in [0.29, 0.717) is 0 Å². The second-order valence-electron chi connectivity index (χ2n) is 6.64. The number of ether oxygens (including phenoxy) is 3. The summed E-state index contributed by atoms with van der Waals surface area (Å²) in [7, 11) is 0. The molecular formula is C16H25NO13. The lowest BCUT2D eigenvalue weighted by molar-refractivity contribution is -0.296. The average molecular weight is 439 g/mol. The minimum atomic E-state index is -2.97. The third kappa shape index (κ3) is 6.58. The van der Waals surface area contributed by atoms with Crippen LogP contribution in [-0.4, -0.2) is 110 Å². The zero-order valence-electron chi connectivity index (χ0n) is 16.1. The number of hydrogen-bond donors (Lipinski definition) is 7. The zero-order chi connectivity index (χ0) is 23.2. The summed E-state index contributed by atoms with van der Waals surface area (Å²) in [4.78, 5) is 45.8. The summed E-state index contributed by atoms with van der Waals surface area (Å²) in [6.45, 7) is 0.168. The highest BCUT2D eigenvalue weighted by Gasteiger charge is 2.55. The molecule has 2 unspecified atom stereocenters. The van der Waals surface area contributed by atoms with Gasteiger partial charge in [-0.3, -0.25) is 9.59 Å². The van der Waals surface area contributed by atoms with Gasteiger partial charge in [-0.1, -0.05) is 0 Å². The first kappa shape index (κ1) is 25.7. The minimum absolute atomic E-state index is 0.853. The van der Waals surface area contributed by atoms with Gasteiger partial charge in [-0.05, 0) is 6.92 Å². The van der Waals surface area contributed by atoms with Crippen molar-refractivity contribution < 1.29 is 64.0 Å². The third-order valence-electron chi connectivity index (χ3n) is 4.15. The van der Waals surface area contributed by atoms with Crippen LogP contribution in [0.25, 0.3) is 0 Å². The third-order valence-corrected chi connectivity index (χ3v) is 4.15. The predicted molar refractivity (Wildman–Crippen MR) is 91.3 cm³/mol. The van der Waals surface area contributed by atoms with Gasteiger partial charge in [-0.25, -0.2) is 9.59 Å². The largest absolute Gasteiger partial charge is 0.477 e. The summed E-state index contributed by atoms with van der Waals surface area (Å²) >= 11 is 0. The lowest BCUT2D eigenvalue weighted by Gasteiger charge is -2.45. The van der Waals surface area contributed by atoms with E-state index in [0.717, 1.165) is 13.8 Å². The number of carbonyl (C=O) groups excluding carboxylic acids is 3. The van der Waals surface area contributed by atoms with Crippen LogP contribution in [0.1, 0.15) is 20.3 Å². The number of esters is 2. The Morgan fingerprint density at radius 1 is 1.23 bits per heavy atom. The molecule has 0 saturated carbocycles. The van der Waals surface area contributed by atoms with Crippen molar-refractivity contribution in [3.63, 3.8) is 0 Å². The van der Waals surface area contributed by atoms with Crippen LogP contribution >= 0.6 is 0 Å². The minimum Gasteiger partial charge on any atom is -0.477 e. The average Bonchev–Trinajstić information content (AvgIpc) is 2.66. The Kier molecular flexibility index (Phi) is 9.08. The molecule has 1 aliphatic rings. The summed E-state index contributed by atoms with van der Waals surface area (Å²) in [6.07, 6.45) is -9.82. The molecule has 1 heterocycles. The number of aliphatic carboxylic acids is 1. The van der Waals surface area contributed by atoms with E-state index in [-0.39, 0.29) is 0 Å². The number of hydrogen-bond acceptors (Lipinski definition) is 12. The standard InChI is InChI=1S/C16H25NO13/c1-6(19)14(24)28-5-8(21)12(23)13-11(17-10(22)4-18)9(29-7(2)20)3-16(27,30-13)15(25)26/h6,8-9,11-13,18-19,21,23,27H,3-5H2,1-2H3,(H,17,22)(H,25,26)/t6?,8-,9+,11-,12-,13-,16?/m1/s1. The first-order chi connectivity index (χ1) is 13.8. The van der Waals surface area contributed by atoms with Gasteiger partial charge in [0.25, 0.3) is 5.79 Å². The fourth-order valence-corrected chi connectivity index (χ4v) is 2.72. The van der Waals surface area contributed by atoms with Gasteiger partial charge in [0.15, 0.2) is 0 Å². The Bertz CT molecular complexity index is 653. The van der Waals surface area contributed by atoms with E-state index in [9.17, 15) is 39.6 Å². The van der Waals surface area contributed by atoms with Crippen LogP contribution in [0.3, 0.4) is 0 Å². The highest BCUT2D eigenvalue weighted by molar-refractivity contribution is 5.78. The molecule has 0 spiro atoms. The van der Waals surface area contributed by atoms with Crippen LogP contribution in [0.5, 0.6) is 0 Å². The monoisotopic (exact) mass is 439 g/mol. The van der Waals surface area contributed by atoms with Crippen molar-refractivity contribution >= 4 is 23.8 Å². The summed E-state index contributed by atoms with van der Waals surface area (Å²) in [5.74, 6) is -7.94. The molecule has 0 radical (unpaired) electrons. The summed E-state index contributed by atoms with van der Waals surface area (Å²) < 4.78 is 14.5. The van der Waals surface area contributed by atoms with E-state index in [1.54, 1.807) is 0 Å². The number of nitrogens with one attached hydrogen (secondary N) is 1. The summed E-state index contributed by atoms with van der Waals surface area (Å²) in [6, 6.07) is -1.51. The molecule has 1 aliphatic heterocycles. The second-order valence-corrected chi connectivity index (χ2v) is 6.64. The van der Waals surface area contributed by atoms with E-state index >= 15 is 0 Å². The van der Waals surface area contributed by atoms with E-state index in [1.165, 1.54) is 0 Å². The van der Waals surface area contributed by atoms with Crippen molar-refractivity contribution in [2.24, 2.45) is 0 Å². The molecule has 1 rings (SSSR count). The maximum absolute atomic E-state index is 11.7. The second kappa shape index (κ2) is 10.6. The molecule has 30 heavy (non-hydrogen) atoms. The van der Waals surface area contributed by atoms with Crippen LogP contribution in [0.2, 0.25) is 0 Å². The van der Waals surface area contributed by atoms with Gasteiger partial charge in [0, 0.05) is 6.92 Å². The van der Waals surface area contributed by atoms with Gasteiger partial charge in [0.1, 0.15) is 43.7 Å². The molecule has 0 aromatic heterocycles. The van der Waals surface area contributed by atoms with Crippen molar-refractivity contribution in [3.05, 3.63) is 0 Å². The molecule has 1 fully saturated rings. The Labute approximate surface area is 170 Å². The van der Waals surface area contributed by atoms with Crippen LogP contribution in [0, 0.1) is 0 Å². The van der Waals surface area contributed by atoms with Gasteiger partial charge in [-0.2, -0.15) is 0 Å². The van der Waals surface area contributed by atoms with Crippen molar-refractivity contribution in [1.82, 2.24) is 5.32 Å². The Balaban J connectivity index is 3.19. The van der Waals surface area contributed by atoms with Gasteiger partial charge in [0.2, 0.25) is 5.91 Å². The zero-order valence-corrected chi connectivity index (χ0v) is 16.1. The molecule has 7 N–H and O–H groups in total. The molecule has 1 saturated heterocycles. The van der Waals surface area contributed by atoms with Crippen molar-refractivity contribution in [2.45, 2.75) is 62.6 Å². The van der Waals surface area contributed by atoms with Crippen molar-refractivity contribution in [1.29, 1.82) is 0 Å². The van der Waals surface area contributed by atoms with Gasteiger partial charge in [0.05, 0.1) is 12.5 Å². The van der Waals surface area contributed by atoms with E-state index in [2.05, 4.69) is 10.1 Å². The van der Waals surface area contributed by atoms with E-state index in [1.807, 2.05) is 0 Å². The molecule has 172 valence electrons. The summed E-state index contributed by atoms with van der Waals surface area (Å²) in [5, 5.41) is 60.2. The summed E-state index contributed by atoms with van der Waals surface area (Å²) in [5.41, 5.74) is 0. The molecule has 1 amide bonds. The maximum atomic E-state index is 11.7. The fraction of sp³-hybridized carbons (Fsp3) is 0.750. The maximum Gasteiger partial charge on any atom is 0.364 e. The fourth-order valence-electron chi connectivity index (χ4n) is 2.72. The molecule has 14 heteroatoms. The van der Waals surface area contributed by atoms with E-state index < -0.39 is 85.8 Å². The smallest absolute Gasteiger partial charge is 0.364 e. The molecule has 0 bridgehead atoms. The van der Waals surface area contributed by atoms with Gasteiger partial charge < -0.3 is 50.2 Å². The Morgan fingerprint density at radius 2 is 1.83 bits per heavy atom. The first-order valence-corrected chi connectivity index (χ1v) is 8.74. The highest BCUT2D eigenvalue weighted by Crippen LogP contribution is 2.32. The van der Waals surface area contributed by atoms with Gasteiger partial charge >= 0.3 is 17.9 Å². The van der Waals surface area contributed by atoms with Crippen LogP contribution in [0.4, 0.5) is 0 Å². The molecule has 14 nitrogen and oxygen atoms in total. The first-order valence-electron chi connectivity index (χ1n) is 8.74. The molecule has 7 atom stereocenters. The lowest BCUT2D eigenvalue weighted by Crippen LogP contribution is -2.68. The van der Waals surface area contributed by atoms with Crippen molar-refractivity contribution in [2.75, 3.05) is 13.2 Å². The number of carboxylic acid groups (broad SMARTS) is 1. The number of aliphatic hydroxyl groups excluding tert-OH is 4. The Hall–Kier alpha value is -2.36. The number of carboxylic acids is 1. The SMILES string of the molecule is CC(=O)O[C@H]1CC(O)(C(=O)O)O[C@@H]([C@H](O)[C@H](O)COC(=O)C(C)O)[C@@H]1NC(=O)CO. The van der Waals surface area contributed by atoms with Crippen molar-refractivity contribution in [3.8, 4) is 0 Å². The van der Waals surface area contributed by atoms with Crippen LogP contribution in [0.15, 0.2) is 0 Å². The van der Waals surface area contributed by atoms with Crippen LogP contribution in [-0.2, 0) is 33.4 Å². The lowest BCUT2D eigenvalue weighted by atomic mass is 9.88. The number of amides is 1. The number of carbonyl (C=O) groups is 4. The normalized spacial score (nSPS) is 29.2. The predicted octanol–water partition coefficient (Wildman–Crippen LogP) is -4.40. The van der Waals surface area contributed by atoms with Gasteiger partial charge in [-0.15, -0.1) is 0 Å². The highest BCUT2D eigenvalue weighted by atomic mass is 16.7. The molecule has 0 aromatic carbocycles. The Morgan fingerprint density at radius 3 is 2.30 bits per heavy atom. The number of rotatable bonds is 9. The molecule has 0 aromatic rings.